The normalized spacial score (nSPS) is 16.5. The molecule has 1 amide bonds. The summed E-state index contributed by atoms with van der Waals surface area (Å²) in [6, 6.07) is 16.0. The van der Waals surface area contributed by atoms with Crippen molar-refractivity contribution in [1.82, 2.24) is 14.8 Å². The Balaban J connectivity index is 1.31. The minimum absolute atomic E-state index is 0.0190. The van der Waals surface area contributed by atoms with Gasteiger partial charge in [0.1, 0.15) is 22.1 Å². The average Bonchev–Trinajstić information content (AvgIpc) is 2.86. The number of halogens is 1. The smallest absolute Gasteiger partial charge is 0.410 e. The van der Waals surface area contributed by atoms with Crippen molar-refractivity contribution in [2.24, 2.45) is 0 Å². The Hall–Kier alpha value is -3.70. The fourth-order valence-corrected chi connectivity index (χ4v) is 5.22. The Kier molecular flexibility index (Phi) is 8.41. The minimum atomic E-state index is -3.83. The van der Waals surface area contributed by atoms with Crippen molar-refractivity contribution < 1.29 is 22.3 Å². The van der Waals surface area contributed by atoms with Crippen molar-refractivity contribution in [3.63, 3.8) is 0 Å². The Morgan fingerprint density at radius 2 is 1.69 bits per heavy atom. The molecule has 1 aromatic heterocycles. The molecule has 11 heteroatoms. The lowest BCUT2D eigenvalue weighted by Crippen LogP contribution is -2.54. The van der Waals surface area contributed by atoms with Gasteiger partial charge in [0.2, 0.25) is 0 Å². The molecule has 4 rings (SSSR count). The van der Waals surface area contributed by atoms with E-state index >= 15 is 0 Å². The summed E-state index contributed by atoms with van der Waals surface area (Å²) in [7, 11) is -3.83. The zero-order valence-electron chi connectivity index (χ0n) is 22.5. The van der Waals surface area contributed by atoms with Crippen molar-refractivity contribution in [3.8, 4) is 0 Å². The molecule has 1 aliphatic rings. The van der Waals surface area contributed by atoms with Gasteiger partial charge in [0.15, 0.2) is 0 Å². The number of ether oxygens (including phenoxy) is 1. The summed E-state index contributed by atoms with van der Waals surface area (Å²) in [6.45, 7) is 10.3. The second kappa shape index (κ2) is 11.6. The van der Waals surface area contributed by atoms with Crippen LogP contribution in [-0.4, -0.2) is 60.6 Å². The summed E-state index contributed by atoms with van der Waals surface area (Å²) in [5.74, 6) is 0.0907. The van der Waals surface area contributed by atoms with Gasteiger partial charge in [-0.3, -0.25) is 9.62 Å². The fourth-order valence-electron chi connectivity index (χ4n) is 4.21. The fraction of sp³-hybridized carbons (Fsp3) is 0.357. The highest BCUT2D eigenvalue weighted by Crippen LogP contribution is 2.21. The predicted molar refractivity (Wildman–Crippen MR) is 149 cm³/mol. The topological polar surface area (TPSA) is 104 Å². The maximum atomic E-state index is 13.1. The maximum Gasteiger partial charge on any atom is 0.410 e. The molecule has 1 fully saturated rings. The Bertz CT molecular complexity index is 1380. The van der Waals surface area contributed by atoms with E-state index in [2.05, 4.69) is 19.9 Å². The van der Waals surface area contributed by atoms with Crippen molar-refractivity contribution in [2.45, 2.75) is 50.8 Å². The Labute approximate surface area is 229 Å². The molecule has 0 radical (unpaired) electrons. The van der Waals surface area contributed by atoms with Gasteiger partial charge in [-0.25, -0.2) is 22.6 Å². The van der Waals surface area contributed by atoms with Crippen LogP contribution in [0.15, 0.2) is 71.8 Å². The molecule has 0 spiro atoms. The van der Waals surface area contributed by atoms with Gasteiger partial charge in [-0.05, 0) is 81.8 Å². The molecular formula is C28H34FN5O4S. The first kappa shape index (κ1) is 28.3. The van der Waals surface area contributed by atoms with Crippen molar-refractivity contribution in [1.29, 1.82) is 0 Å². The number of nitrogens with one attached hydrogen (secondary N) is 2. The van der Waals surface area contributed by atoms with E-state index in [1.165, 1.54) is 24.4 Å². The first-order valence-electron chi connectivity index (χ1n) is 12.7. The third kappa shape index (κ3) is 7.90. The largest absolute Gasteiger partial charge is 0.444 e. The number of carbonyl (C=O) groups excluding carboxylic acids is 1. The number of nitrogens with zero attached hydrogens (tertiary/aromatic N) is 3. The highest BCUT2D eigenvalue weighted by atomic mass is 32.2. The number of amides is 1. The lowest BCUT2D eigenvalue weighted by atomic mass is 10.1. The summed E-state index contributed by atoms with van der Waals surface area (Å²) in [4.78, 5) is 20.7. The maximum absolute atomic E-state index is 13.1. The summed E-state index contributed by atoms with van der Waals surface area (Å²) in [6.07, 6.45) is 0.973. The molecule has 0 saturated carbocycles. The van der Waals surface area contributed by atoms with E-state index in [4.69, 9.17) is 4.74 Å². The van der Waals surface area contributed by atoms with Gasteiger partial charge in [-0.15, -0.1) is 0 Å². The molecule has 2 heterocycles. The van der Waals surface area contributed by atoms with Crippen LogP contribution < -0.4 is 10.0 Å². The van der Waals surface area contributed by atoms with E-state index in [1.807, 2.05) is 39.8 Å². The van der Waals surface area contributed by atoms with Crippen molar-refractivity contribution in [2.75, 3.05) is 29.7 Å². The molecule has 2 aromatic carbocycles. The minimum Gasteiger partial charge on any atom is -0.444 e. The van der Waals surface area contributed by atoms with E-state index < -0.39 is 15.6 Å². The molecular weight excluding hydrogens is 521 g/mol. The summed E-state index contributed by atoms with van der Waals surface area (Å²) >= 11 is 0. The molecule has 2 N–H and O–H groups in total. The van der Waals surface area contributed by atoms with E-state index in [0.29, 0.717) is 36.8 Å². The first-order valence-corrected chi connectivity index (χ1v) is 14.2. The van der Waals surface area contributed by atoms with Crippen molar-refractivity contribution >= 4 is 33.3 Å². The van der Waals surface area contributed by atoms with Crippen LogP contribution in [0.25, 0.3) is 0 Å². The second-order valence-electron chi connectivity index (χ2n) is 10.6. The van der Waals surface area contributed by atoms with Gasteiger partial charge in [0.25, 0.3) is 10.0 Å². The van der Waals surface area contributed by atoms with E-state index in [-0.39, 0.29) is 22.8 Å². The number of carbonyl (C=O) groups is 1. The van der Waals surface area contributed by atoms with E-state index in [1.54, 1.807) is 35.2 Å². The molecule has 1 atom stereocenters. The van der Waals surface area contributed by atoms with Gasteiger partial charge in [-0.2, -0.15) is 0 Å². The summed E-state index contributed by atoms with van der Waals surface area (Å²) in [5.41, 5.74) is 1.58. The monoisotopic (exact) mass is 555 g/mol. The molecule has 3 aromatic rings. The first-order chi connectivity index (χ1) is 18.4. The molecule has 9 nitrogen and oxygen atoms in total. The number of pyridine rings is 1. The summed E-state index contributed by atoms with van der Waals surface area (Å²) < 4.78 is 46.9. The van der Waals surface area contributed by atoms with E-state index in [9.17, 15) is 17.6 Å². The predicted octanol–water partition coefficient (Wildman–Crippen LogP) is 5.21. The number of hydrogen-bond acceptors (Lipinski definition) is 7. The second-order valence-corrected chi connectivity index (χ2v) is 12.3. The SMILES string of the molecule is C[C@H]1CN(Cc2ccc(NS(=O)(=O)c3ccc(Nc4ccc(F)cc4)nc3)cc2)CCN1C(=O)OC(C)(C)C. The Morgan fingerprint density at radius 3 is 2.28 bits per heavy atom. The Morgan fingerprint density at radius 1 is 1.03 bits per heavy atom. The van der Waals surface area contributed by atoms with Crippen LogP contribution in [0.1, 0.15) is 33.3 Å². The van der Waals surface area contributed by atoms with Crippen LogP contribution in [-0.2, 0) is 21.3 Å². The molecule has 39 heavy (non-hydrogen) atoms. The lowest BCUT2D eigenvalue weighted by Gasteiger charge is -2.40. The molecule has 1 saturated heterocycles. The van der Waals surface area contributed by atoms with Gasteiger partial charge in [0.05, 0.1) is 0 Å². The molecule has 208 valence electrons. The number of hydrogen-bond donors (Lipinski definition) is 2. The molecule has 0 unspecified atom stereocenters. The number of sulfonamides is 1. The van der Waals surface area contributed by atoms with Crippen LogP contribution in [0, 0.1) is 5.82 Å². The third-order valence-electron chi connectivity index (χ3n) is 6.12. The van der Waals surface area contributed by atoms with Gasteiger partial charge in [-0.1, -0.05) is 12.1 Å². The number of piperazine rings is 1. The lowest BCUT2D eigenvalue weighted by molar-refractivity contribution is 0.000556. The van der Waals surface area contributed by atoms with Crippen LogP contribution in [0.5, 0.6) is 0 Å². The number of aromatic nitrogens is 1. The van der Waals surface area contributed by atoms with Crippen LogP contribution in [0.2, 0.25) is 0 Å². The number of benzene rings is 2. The van der Waals surface area contributed by atoms with Crippen LogP contribution >= 0.6 is 0 Å². The number of anilines is 3. The third-order valence-corrected chi connectivity index (χ3v) is 7.48. The quantitative estimate of drug-likeness (QED) is 0.413. The zero-order valence-corrected chi connectivity index (χ0v) is 23.3. The number of rotatable bonds is 7. The molecule has 0 bridgehead atoms. The standard InChI is InChI=1S/C28H34FN5O4S/c1-20-18-33(15-16-34(20)27(35)38-28(2,3)4)19-21-5-9-24(10-6-21)32-39(36,37)25-13-14-26(30-17-25)31-23-11-7-22(29)8-12-23/h5-14,17,20,32H,15-16,18-19H2,1-4H3,(H,30,31)/t20-/m0/s1. The van der Waals surface area contributed by atoms with Gasteiger partial charge < -0.3 is 15.0 Å². The average molecular weight is 556 g/mol. The highest BCUT2D eigenvalue weighted by Gasteiger charge is 2.30. The van der Waals surface area contributed by atoms with Gasteiger partial charge >= 0.3 is 6.09 Å². The summed E-state index contributed by atoms with van der Waals surface area (Å²) in [5, 5.41) is 3.00. The molecule has 1 aliphatic heterocycles. The van der Waals surface area contributed by atoms with Crippen LogP contribution in [0.3, 0.4) is 0 Å². The molecule has 0 aliphatic carbocycles. The van der Waals surface area contributed by atoms with Crippen molar-refractivity contribution in [3.05, 3.63) is 78.2 Å². The highest BCUT2D eigenvalue weighted by molar-refractivity contribution is 7.92. The zero-order chi connectivity index (χ0) is 28.2. The van der Waals surface area contributed by atoms with Gasteiger partial charge in [0, 0.05) is 49.8 Å². The van der Waals surface area contributed by atoms with Crippen LogP contribution in [0.4, 0.5) is 26.4 Å². The van der Waals surface area contributed by atoms with E-state index in [0.717, 1.165) is 12.1 Å².